The first-order valence-electron chi connectivity index (χ1n) is 3.22. The van der Waals surface area contributed by atoms with E-state index in [1.165, 1.54) is 0 Å². The van der Waals surface area contributed by atoms with Gasteiger partial charge in [0.1, 0.15) is 12.9 Å². The van der Waals surface area contributed by atoms with Crippen LogP contribution in [0.4, 0.5) is 0 Å². The molecule has 0 aromatic heterocycles. The smallest absolute Gasteiger partial charge is 0.164 e. The van der Waals surface area contributed by atoms with Crippen molar-refractivity contribution >= 4 is 0 Å². The van der Waals surface area contributed by atoms with Crippen molar-refractivity contribution in [2.75, 3.05) is 13.2 Å². The summed E-state index contributed by atoms with van der Waals surface area (Å²) in [6.07, 6.45) is 1.71. The molecule has 0 bridgehead atoms. The Kier molecular flexibility index (Phi) is 2.11. The van der Waals surface area contributed by atoms with Crippen LogP contribution >= 0.6 is 0 Å². The first kappa shape index (κ1) is 6.62. The highest BCUT2D eigenvalue weighted by Crippen LogP contribution is 2.12. The molecule has 0 atom stereocenters. The molecule has 0 saturated heterocycles. The molecule has 0 unspecified atom stereocenters. The standard InChI is InChI=1S/C7H12O2/c1-6(2)3-8-4-7-5-9-7/h5-6H,3-4H2,1-2H3. The van der Waals surface area contributed by atoms with Crippen molar-refractivity contribution in [3.63, 3.8) is 0 Å². The van der Waals surface area contributed by atoms with Crippen LogP contribution in [0.15, 0.2) is 12.0 Å². The summed E-state index contributed by atoms with van der Waals surface area (Å²) in [4.78, 5) is 0. The topological polar surface area (TPSA) is 21.8 Å². The molecule has 0 saturated carbocycles. The maximum atomic E-state index is 5.23. The molecule has 0 aromatic rings. The van der Waals surface area contributed by atoms with Gasteiger partial charge in [-0.2, -0.15) is 0 Å². The van der Waals surface area contributed by atoms with Crippen molar-refractivity contribution in [1.82, 2.24) is 0 Å². The number of ether oxygens (including phenoxy) is 2. The zero-order valence-electron chi connectivity index (χ0n) is 5.89. The Morgan fingerprint density at radius 3 is 2.78 bits per heavy atom. The predicted molar refractivity (Wildman–Crippen MR) is 34.8 cm³/mol. The lowest BCUT2D eigenvalue weighted by Crippen LogP contribution is -2.02. The molecule has 0 aromatic carbocycles. The molecule has 1 rings (SSSR count). The summed E-state index contributed by atoms with van der Waals surface area (Å²) >= 11 is 0. The monoisotopic (exact) mass is 128 g/mol. The molecule has 0 N–H and O–H groups in total. The number of hydrogen-bond acceptors (Lipinski definition) is 2. The van der Waals surface area contributed by atoms with Gasteiger partial charge in [-0.15, -0.1) is 0 Å². The second-order valence-corrected chi connectivity index (χ2v) is 2.61. The lowest BCUT2D eigenvalue weighted by Gasteiger charge is -2.02. The van der Waals surface area contributed by atoms with E-state index >= 15 is 0 Å². The molecular weight excluding hydrogens is 116 g/mol. The summed E-state index contributed by atoms with van der Waals surface area (Å²) in [5.74, 6) is 1.58. The summed E-state index contributed by atoms with van der Waals surface area (Å²) in [5.41, 5.74) is 0. The fraction of sp³-hybridized carbons (Fsp3) is 0.714. The lowest BCUT2D eigenvalue weighted by atomic mass is 10.2. The first-order valence-corrected chi connectivity index (χ1v) is 3.22. The molecule has 0 fully saturated rings. The summed E-state index contributed by atoms with van der Waals surface area (Å²) in [7, 11) is 0. The Bertz CT molecular complexity index is 116. The van der Waals surface area contributed by atoms with E-state index in [-0.39, 0.29) is 0 Å². The average Bonchev–Trinajstić information content (AvgIpc) is 2.48. The van der Waals surface area contributed by atoms with E-state index in [0.717, 1.165) is 12.4 Å². The van der Waals surface area contributed by atoms with Crippen molar-refractivity contribution in [2.45, 2.75) is 13.8 Å². The van der Waals surface area contributed by atoms with Crippen LogP contribution in [-0.4, -0.2) is 13.2 Å². The van der Waals surface area contributed by atoms with Gasteiger partial charge in [0, 0.05) is 6.61 Å². The molecule has 0 radical (unpaired) electrons. The van der Waals surface area contributed by atoms with Crippen LogP contribution in [0.3, 0.4) is 0 Å². The van der Waals surface area contributed by atoms with E-state index in [2.05, 4.69) is 13.8 Å². The van der Waals surface area contributed by atoms with Crippen LogP contribution in [0.1, 0.15) is 13.8 Å². The quantitative estimate of drug-likeness (QED) is 0.572. The maximum Gasteiger partial charge on any atom is 0.164 e. The molecule has 52 valence electrons. The molecule has 1 aliphatic heterocycles. The lowest BCUT2D eigenvalue weighted by molar-refractivity contribution is 0.120. The van der Waals surface area contributed by atoms with Gasteiger partial charge in [-0.05, 0) is 5.92 Å². The fourth-order valence-corrected chi connectivity index (χ4v) is 0.505. The van der Waals surface area contributed by atoms with E-state index in [4.69, 9.17) is 9.47 Å². The number of hydrogen-bond donors (Lipinski definition) is 0. The van der Waals surface area contributed by atoms with Gasteiger partial charge in [-0.1, -0.05) is 13.8 Å². The Balaban J connectivity index is 1.87. The highest BCUT2D eigenvalue weighted by molar-refractivity contribution is 5.02. The van der Waals surface area contributed by atoms with E-state index in [9.17, 15) is 0 Å². The van der Waals surface area contributed by atoms with Crippen molar-refractivity contribution in [3.05, 3.63) is 12.0 Å². The van der Waals surface area contributed by atoms with Crippen LogP contribution in [0, 0.1) is 5.92 Å². The number of rotatable bonds is 4. The Labute approximate surface area is 55.5 Å². The molecule has 0 aliphatic carbocycles. The van der Waals surface area contributed by atoms with E-state index < -0.39 is 0 Å². The van der Waals surface area contributed by atoms with Gasteiger partial charge < -0.3 is 9.47 Å². The summed E-state index contributed by atoms with van der Waals surface area (Å²) in [6.45, 7) is 5.73. The minimum absolute atomic E-state index is 0.615. The molecular formula is C7H12O2. The minimum atomic E-state index is 0.615. The van der Waals surface area contributed by atoms with Gasteiger partial charge in [0.15, 0.2) is 5.76 Å². The second kappa shape index (κ2) is 2.87. The van der Waals surface area contributed by atoms with Crippen molar-refractivity contribution in [1.29, 1.82) is 0 Å². The van der Waals surface area contributed by atoms with Crippen LogP contribution < -0.4 is 0 Å². The van der Waals surface area contributed by atoms with Crippen LogP contribution in [0.5, 0.6) is 0 Å². The first-order chi connectivity index (χ1) is 4.29. The van der Waals surface area contributed by atoms with Gasteiger partial charge in [-0.3, -0.25) is 0 Å². The van der Waals surface area contributed by atoms with Gasteiger partial charge in [0.25, 0.3) is 0 Å². The molecule has 0 spiro atoms. The third-order valence-corrected chi connectivity index (χ3v) is 0.980. The van der Waals surface area contributed by atoms with Crippen LogP contribution in [0.2, 0.25) is 0 Å². The van der Waals surface area contributed by atoms with E-state index in [1.54, 1.807) is 6.26 Å². The van der Waals surface area contributed by atoms with Gasteiger partial charge in [0.05, 0.1) is 0 Å². The molecule has 2 nitrogen and oxygen atoms in total. The van der Waals surface area contributed by atoms with Gasteiger partial charge in [-0.25, -0.2) is 0 Å². The second-order valence-electron chi connectivity index (χ2n) is 2.61. The SMILES string of the molecule is CC(C)COCC1=CO1. The van der Waals surface area contributed by atoms with Crippen molar-refractivity contribution < 1.29 is 9.47 Å². The Morgan fingerprint density at radius 1 is 1.67 bits per heavy atom. The Hall–Kier alpha value is -0.500. The highest BCUT2D eigenvalue weighted by atomic mass is 16.6. The maximum absolute atomic E-state index is 5.23. The van der Waals surface area contributed by atoms with E-state index in [0.29, 0.717) is 12.5 Å². The Morgan fingerprint density at radius 2 is 2.33 bits per heavy atom. The largest absolute Gasteiger partial charge is 0.460 e. The van der Waals surface area contributed by atoms with Crippen LogP contribution in [-0.2, 0) is 9.47 Å². The molecule has 9 heavy (non-hydrogen) atoms. The van der Waals surface area contributed by atoms with E-state index in [1.807, 2.05) is 0 Å². The molecule has 1 aliphatic rings. The third-order valence-electron chi connectivity index (χ3n) is 0.980. The zero-order valence-corrected chi connectivity index (χ0v) is 5.89. The van der Waals surface area contributed by atoms with Crippen LogP contribution in [0.25, 0.3) is 0 Å². The third kappa shape index (κ3) is 3.14. The summed E-state index contributed by atoms with van der Waals surface area (Å²) in [6, 6.07) is 0. The molecule has 2 heteroatoms. The molecule has 1 heterocycles. The van der Waals surface area contributed by atoms with Gasteiger partial charge in [0.2, 0.25) is 0 Å². The minimum Gasteiger partial charge on any atom is -0.460 e. The highest BCUT2D eigenvalue weighted by Gasteiger charge is 2.08. The normalized spacial score (nSPS) is 15.2. The summed E-state index contributed by atoms with van der Waals surface area (Å²) in [5, 5.41) is 0. The average molecular weight is 128 g/mol. The summed E-state index contributed by atoms with van der Waals surface area (Å²) < 4.78 is 9.98. The predicted octanol–water partition coefficient (Wildman–Crippen LogP) is 1.53. The molecule has 0 amide bonds. The fourth-order valence-electron chi connectivity index (χ4n) is 0.505. The van der Waals surface area contributed by atoms with Crippen molar-refractivity contribution in [2.24, 2.45) is 5.92 Å². The van der Waals surface area contributed by atoms with Gasteiger partial charge >= 0.3 is 0 Å². The zero-order chi connectivity index (χ0) is 6.69. The van der Waals surface area contributed by atoms with Crippen molar-refractivity contribution in [3.8, 4) is 0 Å².